The lowest BCUT2D eigenvalue weighted by Gasteiger charge is -2.04. The highest BCUT2D eigenvalue weighted by Gasteiger charge is 2.12. The molecule has 0 spiro atoms. The summed E-state index contributed by atoms with van der Waals surface area (Å²) in [5.41, 5.74) is 9.22. The lowest BCUT2D eigenvalue weighted by Crippen LogP contribution is -2.00. The van der Waals surface area contributed by atoms with Crippen molar-refractivity contribution in [2.24, 2.45) is 5.73 Å². The van der Waals surface area contributed by atoms with E-state index < -0.39 is 0 Å². The molecule has 0 radical (unpaired) electrons. The number of thiazole rings is 1. The number of hydrogen-bond acceptors (Lipinski definition) is 4. The van der Waals surface area contributed by atoms with Crippen LogP contribution in [0.3, 0.4) is 0 Å². The minimum atomic E-state index is 0.766. The number of rotatable bonds is 6. The molecule has 2 aromatic heterocycles. The van der Waals surface area contributed by atoms with Crippen LogP contribution in [0.25, 0.3) is 16.2 Å². The van der Waals surface area contributed by atoms with Gasteiger partial charge in [-0.1, -0.05) is 36.2 Å². The molecule has 3 aromatic rings. The molecule has 0 aliphatic carbocycles. The van der Waals surface area contributed by atoms with Crippen LogP contribution < -0.4 is 5.73 Å². The maximum Gasteiger partial charge on any atom is 0.216 e. The van der Waals surface area contributed by atoms with Crippen LogP contribution >= 0.6 is 11.3 Å². The van der Waals surface area contributed by atoms with E-state index in [1.54, 1.807) is 11.3 Å². The van der Waals surface area contributed by atoms with E-state index >= 15 is 0 Å². The highest BCUT2D eigenvalue weighted by Crippen LogP contribution is 2.27. The number of aromatic nitrogens is 3. The molecule has 21 heavy (non-hydrogen) atoms. The summed E-state index contributed by atoms with van der Waals surface area (Å²) in [5, 5.41) is 10.8. The van der Waals surface area contributed by atoms with E-state index in [0.29, 0.717) is 0 Å². The van der Waals surface area contributed by atoms with Gasteiger partial charge in [0.05, 0.1) is 5.69 Å². The highest BCUT2D eigenvalue weighted by molar-refractivity contribution is 7.15. The van der Waals surface area contributed by atoms with Gasteiger partial charge in [-0.15, -0.1) is 21.5 Å². The Morgan fingerprint density at radius 1 is 1.10 bits per heavy atom. The Kier molecular flexibility index (Phi) is 4.31. The number of fused-ring (bicyclic) bond motifs is 1. The standard InChI is InChI=1S/C16H20N4S/c1-12-6-8-13(9-7-12)14-11-21-16-19-18-15(20(14)16)5-3-2-4-10-17/h6-9,11H,2-5,10,17H2,1H3. The zero-order chi connectivity index (χ0) is 14.7. The second kappa shape index (κ2) is 6.37. The van der Waals surface area contributed by atoms with Crippen molar-refractivity contribution in [1.82, 2.24) is 14.6 Å². The topological polar surface area (TPSA) is 56.2 Å². The van der Waals surface area contributed by atoms with E-state index in [4.69, 9.17) is 5.73 Å². The Balaban J connectivity index is 1.89. The molecule has 1 aromatic carbocycles. The van der Waals surface area contributed by atoms with Gasteiger partial charge in [-0.3, -0.25) is 4.40 Å². The Hall–Kier alpha value is -1.72. The van der Waals surface area contributed by atoms with Gasteiger partial charge in [0.2, 0.25) is 4.96 Å². The molecule has 110 valence electrons. The Labute approximate surface area is 128 Å². The van der Waals surface area contributed by atoms with Crippen molar-refractivity contribution in [1.29, 1.82) is 0 Å². The SMILES string of the molecule is Cc1ccc(-c2csc3nnc(CCCCCN)n23)cc1. The van der Waals surface area contributed by atoms with E-state index in [0.717, 1.165) is 43.0 Å². The first-order valence-electron chi connectivity index (χ1n) is 7.38. The fourth-order valence-corrected chi connectivity index (χ4v) is 3.32. The van der Waals surface area contributed by atoms with Gasteiger partial charge in [-0.2, -0.15) is 0 Å². The van der Waals surface area contributed by atoms with E-state index in [1.807, 2.05) is 0 Å². The van der Waals surface area contributed by atoms with Crippen LogP contribution in [0.2, 0.25) is 0 Å². The molecule has 2 N–H and O–H groups in total. The molecule has 2 heterocycles. The van der Waals surface area contributed by atoms with Gasteiger partial charge in [-0.25, -0.2) is 0 Å². The first kappa shape index (κ1) is 14.2. The molecule has 0 fully saturated rings. The lowest BCUT2D eigenvalue weighted by molar-refractivity contribution is 0.666. The largest absolute Gasteiger partial charge is 0.330 e. The second-order valence-electron chi connectivity index (χ2n) is 5.32. The molecule has 0 aliphatic rings. The maximum absolute atomic E-state index is 5.54. The summed E-state index contributed by atoms with van der Waals surface area (Å²) in [6, 6.07) is 8.61. The number of aryl methyl sites for hydroxylation is 2. The van der Waals surface area contributed by atoms with Crippen LogP contribution in [-0.4, -0.2) is 21.1 Å². The minimum absolute atomic E-state index is 0.766. The zero-order valence-corrected chi connectivity index (χ0v) is 13.1. The van der Waals surface area contributed by atoms with Crippen LogP contribution in [0.15, 0.2) is 29.6 Å². The van der Waals surface area contributed by atoms with Crippen LogP contribution in [0.5, 0.6) is 0 Å². The second-order valence-corrected chi connectivity index (χ2v) is 6.16. The van der Waals surface area contributed by atoms with Crippen LogP contribution in [0.4, 0.5) is 0 Å². The first-order chi connectivity index (χ1) is 10.3. The Morgan fingerprint density at radius 2 is 1.90 bits per heavy atom. The summed E-state index contributed by atoms with van der Waals surface area (Å²) in [6.07, 6.45) is 4.30. The molecule has 0 amide bonds. The predicted octanol–water partition coefficient (Wildman–Crippen LogP) is 3.44. The van der Waals surface area contributed by atoms with Crippen molar-refractivity contribution in [2.45, 2.75) is 32.6 Å². The van der Waals surface area contributed by atoms with Crippen LogP contribution in [-0.2, 0) is 6.42 Å². The zero-order valence-electron chi connectivity index (χ0n) is 12.2. The molecule has 0 saturated heterocycles. The third kappa shape index (κ3) is 2.99. The smallest absolute Gasteiger partial charge is 0.216 e. The monoisotopic (exact) mass is 300 g/mol. The van der Waals surface area contributed by atoms with Gasteiger partial charge in [0, 0.05) is 11.8 Å². The van der Waals surface area contributed by atoms with Gasteiger partial charge in [-0.05, 0) is 31.9 Å². The molecule has 0 bridgehead atoms. The first-order valence-corrected chi connectivity index (χ1v) is 8.26. The summed E-state index contributed by atoms with van der Waals surface area (Å²) in [6.45, 7) is 2.87. The quantitative estimate of drug-likeness (QED) is 0.709. The summed E-state index contributed by atoms with van der Waals surface area (Å²) >= 11 is 1.65. The summed E-state index contributed by atoms with van der Waals surface area (Å²) < 4.78 is 2.19. The Bertz CT molecular complexity index is 712. The van der Waals surface area contributed by atoms with E-state index in [1.165, 1.54) is 16.8 Å². The maximum atomic E-state index is 5.54. The summed E-state index contributed by atoms with van der Waals surface area (Å²) in [4.78, 5) is 0.972. The molecule has 0 saturated carbocycles. The average molecular weight is 300 g/mol. The normalized spacial score (nSPS) is 11.3. The number of hydrogen-bond donors (Lipinski definition) is 1. The van der Waals surface area contributed by atoms with Crippen LogP contribution in [0.1, 0.15) is 30.7 Å². The van der Waals surface area contributed by atoms with Crippen molar-refractivity contribution < 1.29 is 0 Å². The van der Waals surface area contributed by atoms with Crippen molar-refractivity contribution >= 4 is 16.3 Å². The average Bonchev–Trinajstić information content (AvgIpc) is 3.07. The van der Waals surface area contributed by atoms with Gasteiger partial charge in [0.25, 0.3) is 0 Å². The molecule has 0 unspecified atom stereocenters. The third-order valence-corrected chi connectivity index (χ3v) is 4.49. The van der Waals surface area contributed by atoms with Crippen molar-refractivity contribution in [2.75, 3.05) is 6.54 Å². The van der Waals surface area contributed by atoms with Gasteiger partial charge < -0.3 is 5.73 Å². The van der Waals surface area contributed by atoms with Crippen LogP contribution in [0, 0.1) is 6.92 Å². The lowest BCUT2D eigenvalue weighted by atomic mass is 10.1. The fourth-order valence-electron chi connectivity index (χ4n) is 2.47. The third-order valence-electron chi connectivity index (χ3n) is 3.67. The van der Waals surface area contributed by atoms with Gasteiger partial charge >= 0.3 is 0 Å². The number of benzene rings is 1. The molecule has 3 rings (SSSR count). The molecule has 0 aliphatic heterocycles. The predicted molar refractivity (Wildman–Crippen MR) is 87.6 cm³/mol. The fraction of sp³-hybridized carbons (Fsp3) is 0.375. The van der Waals surface area contributed by atoms with Crippen molar-refractivity contribution in [3.63, 3.8) is 0 Å². The van der Waals surface area contributed by atoms with Crippen molar-refractivity contribution in [3.8, 4) is 11.3 Å². The van der Waals surface area contributed by atoms with E-state index in [-0.39, 0.29) is 0 Å². The Morgan fingerprint density at radius 3 is 2.67 bits per heavy atom. The molecule has 5 heteroatoms. The summed E-state index contributed by atoms with van der Waals surface area (Å²) in [5.74, 6) is 1.05. The molecule has 0 atom stereocenters. The number of nitrogens with zero attached hydrogens (tertiary/aromatic N) is 3. The van der Waals surface area contributed by atoms with Gasteiger partial charge in [0.15, 0.2) is 0 Å². The molecular weight excluding hydrogens is 280 g/mol. The van der Waals surface area contributed by atoms with Gasteiger partial charge in [0.1, 0.15) is 5.82 Å². The molecule has 4 nitrogen and oxygen atoms in total. The highest BCUT2D eigenvalue weighted by atomic mass is 32.1. The van der Waals surface area contributed by atoms with E-state index in [9.17, 15) is 0 Å². The minimum Gasteiger partial charge on any atom is -0.330 e. The molecular formula is C16H20N4S. The van der Waals surface area contributed by atoms with Crippen molar-refractivity contribution in [3.05, 3.63) is 41.0 Å². The summed E-state index contributed by atoms with van der Waals surface area (Å²) in [7, 11) is 0. The number of nitrogens with two attached hydrogens (primary N) is 1. The van der Waals surface area contributed by atoms with E-state index in [2.05, 4.69) is 51.2 Å². The number of unbranched alkanes of at least 4 members (excludes halogenated alkanes) is 2.